The predicted octanol–water partition coefficient (Wildman–Crippen LogP) is 4.12. The highest BCUT2D eigenvalue weighted by molar-refractivity contribution is 5.79. The minimum atomic E-state index is 0.239. The van der Waals surface area contributed by atoms with Gasteiger partial charge in [-0.25, -0.2) is 0 Å². The van der Waals surface area contributed by atoms with Crippen molar-refractivity contribution in [3.63, 3.8) is 0 Å². The van der Waals surface area contributed by atoms with Gasteiger partial charge in [-0.05, 0) is 75.3 Å². The summed E-state index contributed by atoms with van der Waals surface area (Å²) in [6.45, 7) is 11.3. The first-order valence-electron chi connectivity index (χ1n) is 9.90. The summed E-state index contributed by atoms with van der Waals surface area (Å²) in [7, 11) is 0. The van der Waals surface area contributed by atoms with Gasteiger partial charge in [-0.15, -0.1) is 0 Å². The van der Waals surface area contributed by atoms with Crippen molar-refractivity contribution in [2.75, 3.05) is 13.1 Å². The van der Waals surface area contributed by atoms with Crippen LogP contribution in [0.25, 0.3) is 0 Å². The Morgan fingerprint density at radius 1 is 1.13 bits per heavy atom. The first-order valence-corrected chi connectivity index (χ1v) is 9.90. The molecular weight excluding hydrogens is 284 g/mol. The van der Waals surface area contributed by atoms with Crippen molar-refractivity contribution in [1.82, 2.24) is 10.6 Å². The minimum Gasteiger partial charge on any atom is -0.353 e. The number of carbonyl (C=O) groups is 1. The van der Waals surface area contributed by atoms with E-state index in [-0.39, 0.29) is 5.92 Å². The van der Waals surface area contributed by atoms with Gasteiger partial charge in [0.15, 0.2) is 0 Å². The molecule has 2 rings (SSSR count). The van der Waals surface area contributed by atoms with Gasteiger partial charge in [0.05, 0.1) is 0 Å². The molecule has 1 saturated carbocycles. The van der Waals surface area contributed by atoms with Crippen LogP contribution < -0.4 is 10.6 Å². The van der Waals surface area contributed by atoms with Crippen molar-refractivity contribution in [3.05, 3.63) is 0 Å². The Balaban J connectivity index is 1.77. The molecular formula is C20H38N2O. The van der Waals surface area contributed by atoms with E-state index < -0.39 is 0 Å². The third kappa shape index (κ3) is 6.10. The van der Waals surface area contributed by atoms with Crippen molar-refractivity contribution in [3.8, 4) is 0 Å². The van der Waals surface area contributed by atoms with E-state index in [1.165, 1.54) is 44.9 Å². The van der Waals surface area contributed by atoms with Crippen molar-refractivity contribution in [2.45, 2.75) is 85.1 Å². The fourth-order valence-electron chi connectivity index (χ4n) is 4.63. The molecule has 1 heterocycles. The number of hydrogen-bond donors (Lipinski definition) is 2. The number of carbonyl (C=O) groups excluding carboxylic acids is 1. The maximum absolute atomic E-state index is 12.7. The summed E-state index contributed by atoms with van der Waals surface area (Å²) in [4.78, 5) is 12.7. The molecule has 3 heteroatoms. The summed E-state index contributed by atoms with van der Waals surface area (Å²) in [5.41, 5.74) is 0.434. The normalized spacial score (nSPS) is 32.5. The van der Waals surface area contributed by atoms with Gasteiger partial charge in [0.1, 0.15) is 0 Å². The molecule has 1 aliphatic carbocycles. The Bertz CT molecular complexity index is 364. The lowest BCUT2D eigenvalue weighted by atomic mass is 9.76. The van der Waals surface area contributed by atoms with Gasteiger partial charge in [0.2, 0.25) is 5.91 Å². The molecule has 0 radical (unpaired) electrons. The molecule has 2 atom stereocenters. The molecule has 1 saturated heterocycles. The van der Waals surface area contributed by atoms with Crippen molar-refractivity contribution >= 4 is 5.91 Å². The summed E-state index contributed by atoms with van der Waals surface area (Å²) in [5, 5.41) is 6.85. The molecule has 0 aromatic rings. The second-order valence-electron chi connectivity index (χ2n) is 9.14. The van der Waals surface area contributed by atoms with Crippen LogP contribution in [0, 0.1) is 23.2 Å². The molecule has 1 aliphatic heterocycles. The smallest absolute Gasteiger partial charge is 0.223 e. The molecule has 0 aromatic carbocycles. The van der Waals surface area contributed by atoms with Crippen LogP contribution in [0.3, 0.4) is 0 Å². The van der Waals surface area contributed by atoms with Crippen LogP contribution in [0.15, 0.2) is 0 Å². The number of piperidine rings is 1. The van der Waals surface area contributed by atoms with E-state index in [2.05, 4.69) is 38.3 Å². The van der Waals surface area contributed by atoms with E-state index in [9.17, 15) is 4.79 Å². The highest BCUT2D eigenvalue weighted by atomic mass is 16.2. The van der Waals surface area contributed by atoms with Crippen molar-refractivity contribution in [2.24, 2.45) is 23.2 Å². The van der Waals surface area contributed by atoms with E-state index in [1.807, 2.05) is 0 Å². The monoisotopic (exact) mass is 322 g/mol. The number of amides is 1. The molecule has 2 fully saturated rings. The van der Waals surface area contributed by atoms with E-state index in [0.29, 0.717) is 23.3 Å². The summed E-state index contributed by atoms with van der Waals surface area (Å²) < 4.78 is 0. The summed E-state index contributed by atoms with van der Waals surface area (Å²) in [6.07, 6.45) is 9.60. The fraction of sp³-hybridized carbons (Fsp3) is 0.950. The Morgan fingerprint density at radius 3 is 2.43 bits per heavy atom. The minimum absolute atomic E-state index is 0.239. The van der Waals surface area contributed by atoms with E-state index in [4.69, 9.17) is 0 Å². The van der Waals surface area contributed by atoms with Gasteiger partial charge in [-0.2, -0.15) is 0 Å². The third-order valence-corrected chi connectivity index (χ3v) is 5.70. The molecule has 1 amide bonds. The lowest BCUT2D eigenvalue weighted by Gasteiger charge is -2.35. The number of hydrogen-bond acceptors (Lipinski definition) is 2. The topological polar surface area (TPSA) is 41.1 Å². The molecule has 0 aromatic heterocycles. The zero-order chi connectivity index (χ0) is 16.9. The Labute approximate surface area is 143 Å². The number of nitrogens with one attached hydrogen (secondary N) is 2. The summed E-state index contributed by atoms with van der Waals surface area (Å²) in [6, 6.07) is 0.427. The van der Waals surface area contributed by atoms with Gasteiger partial charge < -0.3 is 10.6 Å². The first-order chi connectivity index (χ1) is 10.9. The van der Waals surface area contributed by atoms with Gasteiger partial charge in [0.25, 0.3) is 0 Å². The van der Waals surface area contributed by atoms with Crippen LogP contribution in [0.4, 0.5) is 0 Å². The molecule has 134 valence electrons. The van der Waals surface area contributed by atoms with Gasteiger partial charge >= 0.3 is 0 Å². The van der Waals surface area contributed by atoms with E-state index in [1.54, 1.807) is 0 Å². The Kier molecular flexibility index (Phi) is 6.94. The first kappa shape index (κ1) is 18.8. The molecule has 23 heavy (non-hydrogen) atoms. The lowest BCUT2D eigenvalue weighted by Crippen LogP contribution is -2.48. The van der Waals surface area contributed by atoms with Gasteiger partial charge in [-0.3, -0.25) is 4.79 Å². The summed E-state index contributed by atoms with van der Waals surface area (Å²) >= 11 is 0. The maximum Gasteiger partial charge on any atom is 0.223 e. The average molecular weight is 323 g/mol. The molecule has 2 unspecified atom stereocenters. The molecule has 0 bridgehead atoms. The molecule has 3 nitrogen and oxygen atoms in total. The van der Waals surface area contributed by atoms with Crippen LogP contribution in [0.5, 0.6) is 0 Å². The van der Waals surface area contributed by atoms with Gasteiger partial charge in [-0.1, -0.05) is 34.1 Å². The number of rotatable bonds is 5. The van der Waals surface area contributed by atoms with Crippen LogP contribution in [0.1, 0.15) is 79.1 Å². The second kappa shape index (κ2) is 8.50. The summed E-state index contributed by atoms with van der Waals surface area (Å²) in [5.74, 6) is 1.97. The Morgan fingerprint density at radius 2 is 1.83 bits per heavy atom. The Hall–Kier alpha value is -0.570. The fourth-order valence-corrected chi connectivity index (χ4v) is 4.63. The zero-order valence-corrected chi connectivity index (χ0v) is 15.8. The molecule has 2 N–H and O–H groups in total. The maximum atomic E-state index is 12.7. The largest absolute Gasteiger partial charge is 0.353 e. The lowest BCUT2D eigenvalue weighted by molar-refractivity contribution is -0.128. The molecule has 2 aliphatic rings. The quantitative estimate of drug-likeness (QED) is 0.799. The van der Waals surface area contributed by atoms with E-state index in [0.717, 1.165) is 25.4 Å². The SMILES string of the molecule is CCCC1CNCCC1C(=O)N[C@H]1CC[C@H](CC(C)(C)C)CC1. The third-order valence-electron chi connectivity index (χ3n) is 5.70. The second-order valence-corrected chi connectivity index (χ2v) is 9.14. The van der Waals surface area contributed by atoms with Crippen molar-refractivity contribution < 1.29 is 4.79 Å². The highest BCUT2D eigenvalue weighted by Gasteiger charge is 2.32. The van der Waals surface area contributed by atoms with Crippen LogP contribution in [-0.2, 0) is 4.79 Å². The van der Waals surface area contributed by atoms with Crippen LogP contribution in [-0.4, -0.2) is 25.0 Å². The highest BCUT2D eigenvalue weighted by Crippen LogP contribution is 2.34. The van der Waals surface area contributed by atoms with Gasteiger partial charge in [0, 0.05) is 12.0 Å². The predicted molar refractivity (Wildman–Crippen MR) is 97.3 cm³/mol. The van der Waals surface area contributed by atoms with Crippen LogP contribution >= 0.6 is 0 Å². The average Bonchev–Trinajstić information content (AvgIpc) is 2.48. The van der Waals surface area contributed by atoms with E-state index >= 15 is 0 Å². The standard InChI is InChI=1S/C20H38N2O/c1-5-6-16-14-21-12-11-18(16)19(23)22-17-9-7-15(8-10-17)13-20(2,3)4/h15-18,21H,5-14H2,1-4H3,(H,22,23)/t15-,16?,17-,18?. The zero-order valence-electron chi connectivity index (χ0n) is 15.8. The van der Waals surface area contributed by atoms with Crippen molar-refractivity contribution in [1.29, 1.82) is 0 Å². The van der Waals surface area contributed by atoms with Crippen LogP contribution in [0.2, 0.25) is 0 Å². The molecule has 0 spiro atoms.